The van der Waals surface area contributed by atoms with Gasteiger partial charge in [-0.1, -0.05) is 44.0 Å². The lowest BCUT2D eigenvalue weighted by molar-refractivity contribution is -0.00215. The van der Waals surface area contributed by atoms with Gasteiger partial charge in [0.1, 0.15) is 0 Å². The van der Waals surface area contributed by atoms with E-state index >= 15 is 0 Å². The van der Waals surface area contributed by atoms with E-state index in [0.29, 0.717) is 11.5 Å². The molecule has 4 atom stereocenters. The highest BCUT2D eigenvalue weighted by Gasteiger charge is 2.83. The Hall–Kier alpha value is 0.660. The van der Waals surface area contributed by atoms with Crippen LogP contribution in [0, 0.1) is 5.41 Å². The fourth-order valence-corrected chi connectivity index (χ4v) is 5.67. The summed E-state index contributed by atoms with van der Waals surface area (Å²) in [6.07, 6.45) is 5.97. The van der Waals surface area contributed by atoms with Crippen LogP contribution in [0.2, 0.25) is 0 Å². The molecule has 0 aromatic carbocycles. The van der Waals surface area contributed by atoms with Crippen molar-refractivity contribution in [2.75, 3.05) is 5.33 Å². The van der Waals surface area contributed by atoms with Crippen LogP contribution in [0.4, 0.5) is 0 Å². The van der Waals surface area contributed by atoms with Crippen LogP contribution < -0.4 is 0 Å². The molecule has 3 aliphatic rings. The molecule has 1 saturated heterocycles. The van der Waals surface area contributed by atoms with Crippen LogP contribution in [0.1, 0.15) is 13.3 Å². The number of hydrogen-bond donors (Lipinski definition) is 0. The summed E-state index contributed by atoms with van der Waals surface area (Å²) >= 11 is 7.42. The normalized spacial score (nSPS) is 65.4. The second kappa shape index (κ2) is 1.86. The van der Waals surface area contributed by atoms with E-state index < -0.39 is 0 Å². The largest absolute Gasteiger partial charge is 0.362 e. The Kier molecular flexibility index (Phi) is 1.24. The summed E-state index contributed by atoms with van der Waals surface area (Å²) in [5.41, 5.74) is 0.296. The van der Waals surface area contributed by atoms with E-state index in [4.69, 9.17) is 4.74 Å². The summed E-state index contributed by atoms with van der Waals surface area (Å²) < 4.78 is 6.17. The predicted molar refractivity (Wildman–Crippen MR) is 54.9 cm³/mol. The third-order valence-electron chi connectivity index (χ3n) is 3.82. The number of hydrogen-bond acceptors (Lipinski definition) is 1. The molecule has 2 heterocycles. The van der Waals surface area contributed by atoms with E-state index in [1.807, 2.05) is 0 Å². The molecule has 0 N–H and O–H groups in total. The molecule has 0 aromatic rings. The average Bonchev–Trinajstić information content (AvgIpc) is 2.43. The highest BCUT2D eigenvalue weighted by Crippen LogP contribution is 2.78. The molecular weight excluding hydrogens is 284 g/mol. The summed E-state index contributed by atoms with van der Waals surface area (Å²) in [4.78, 5) is 0. The third-order valence-corrected chi connectivity index (χ3v) is 6.27. The fourth-order valence-electron chi connectivity index (χ4n) is 2.78. The van der Waals surface area contributed by atoms with Crippen LogP contribution in [0.5, 0.6) is 0 Å². The van der Waals surface area contributed by atoms with E-state index in [0.717, 1.165) is 5.33 Å². The van der Waals surface area contributed by atoms with Crippen LogP contribution in [0.15, 0.2) is 12.2 Å². The highest BCUT2D eigenvalue weighted by atomic mass is 79.9. The van der Waals surface area contributed by atoms with Crippen molar-refractivity contribution in [2.45, 2.75) is 29.4 Å². The summed E-state index contributed by atoms with van der Waals surface area (Å²) in [5.74, 6) is 0. The average molecular weight is 294 g/mol. The lowest BCUT2D eigenvalue weighted by Gasteiger charge is -2.28. The lowest BCUT2D eigenvalue weighted by atomic mass is 9.84. The first-order chi connectivity index (χ1) is 5.58. The second-order valence-electron chi connectivity index (χ2n) is 4.26. The zero-order valence-corrected chi connectivity index (χ0v) is 9.98. The van der Waals surface area contributed by atoms with Crippen molar-refractivity contribution in [3.05, 3.63) is 12.2 Å². The molecule has 0 aromatic heterocycles. The zero-order chi connectivity index (χ0) is 8.61. The number of halogens is 2. The van der Waals surface area contributed by atoms with Gasteiger partial charge in [0, 0.05) is 10.7 Å². The smallest absolute Gasteiger partial charge is 0.0929 e. The molecular formula is C9H10Br2O. The minimum atomic E-state index is -0.0231. The first kappa shape index (κ1) is 8.01. The van der Waals surface area contributed by atoms with Crippen molar-refractivity contribution >= 4 is 31.9 Å². The van der Waals surface area contributed by atoms with Crippen molar-refractivity contribution in [3.8, 4) is 0 Å². The number of rotatable bonds is 1. The van der Waals surface area contributed by atoms with Gasteiger partial charge in [0.15, 0.2) is 0 Å². The van der Waals surface area contributed by atoms with E-state index in [2.05, 4.69) is 50.9 Å². The summed E-state index contributed by atoms with van der Waals surface area (Å²) in [6.45, 7) is 2.20. The topological polar surface area (TPSA) is 9.23 Å². The fraction of sp³-hybridized carbons (Fsp3) is 0.778. The lowest BCUT2D eigenvalue weighted by Crippen LogP contribution is -2.35. The molecule has 1 saturated carbocycles. The first-order valence-corrected chi connectivity index (χ1v) is 6.12. The summed E-state index contributed by atoms with van der Waals surface area (Å²) in [7, 11) is 0. The second-order valence-corrected chi connectivity index (χ2v) is 6.24. The van der Waals surface area contributed by atoms with Crippen LogP contribution in [0.25, 0.3) is 0 Å². The zero-order valence-electron chi connectivity index (χ0n) is 6.81. The Morgan fingerprint density at radius 3 is 2.83 bits per heavy atom. The minimum absolute atomic E-state index is 0.0231. The maximum absolute atomic E-state index is 5.93. The molecule has 3 heteroatoms. The standard InChI is InChI=1S/C9H10Br2O/c1-7-3-2-6(12-7)9(11)4-8(7,9)5-10/h2-3,6H,4-5H2,1H3/t6-,7?,8-,9+/m1/s1. The van der Waals surface area contributed by atoms with Crippen molar-refractivity contribution < 1.29 is 4.74 Å². The van der Waals surface area contributed by atoms with E-state index in [-0.39, 0.29) is 9.93 Å². The molecule has 12 heavy (non-hydrogen) atoms. The van der Waals surface area contributed by atoms with Crippen molar-refractivity contribution in [1.29, 1.82) is 0 Å². The summed E-state index contributed by atoms with van der Waals surface area (Å²) in [5, 5.41) is 1.03. The molecule has 0 amide bonds. The molecule has 1 nitrogen and oxygen atoms in total. The van der Waals surface area contributed by atoms with Crippen LogP contribution in [-0.4, -0.2) is 21.4 Å². The van der Waals surface area contributed by atoms with Crippen molar-refractivity contribution in [1.82, 2.24) is 0 Å². The maximum atomic E-state index is 5.93. The molecule has 1 unspecified atom stereocenters. The number of fused-ring (bicyclic) bond motifs is 5. The Morgan fingerprint density at radius 1 is 1.67 bits per heavy atom. The van der Waals surface area contributed by atoms with Gasteiger partial charge in [-0.25, -0.2) is 0 Å². The van der Waals surface area contributed by atoms with E-state index in [9.17, 15) is 0 Å². The van der Waals surface area contributed by atoms with Crippen LogP contribution in [0.3, 0.4) is 0 Å². The number of alkyl halides is 2. The van der Waals surface area contributed by atoms with Gasteiger partial charge in [0.25, 0.3) is 0 Å². The minimum Gasteiger partial charge on any atom is -0.362 e. The Morgan fingerprint density at radius 2 is 2.42 bits per heavy atom. The van der Waals surface area contributed by atoms with Crippen molar-refractivity contribution in [3.63, 3.8) is 0 Å². The Labute approximate surface area is 88.8 Å². The maximum Gasteiger partial charge on any atom is 0.0929 e. The molecule has 2 bridgehead atoms. The SMILES string of the molecule is CC12C=C[C@@H](O1)[C@@]1(Br)C[C@@]21CBr. The predicted octanol–water partition coefficient (Wildman–Crippen LogP) is 2.63. The molecule has 1 aliphatic carbocycles. The summed E-state index contributed by atoms with van der Waals surface area (Å²) in [6, 6.07) is 0. The quantitative estimate of drug-likeness (QED) is 0.533. The molecule has 66 valence electrons. The third kappa shape index (κ3) is 0.547. The van der Waals surface area contributed by atoms with Gasteiger partial charge in [0.05, 0.1) is 16.0 Å². The van der Waals surface area contributed by atoms with Gasteiger partial charge in [-0.05, 0) is 13.3 Å². The van der Waals surface area contributed by atoms with Crippen molar-refractivity contribution in [2.24, 2.45) is 5.41 Å². The first-order valence-electron chi connectivity index (χ1n) is 4.20. The molecule has 3 rings (SSSR count). The molecule has 2 fully saturated rings. The monoisotopic (exact) mass is 292 g/mol. The van der Waals surface area contributed by atoms with E-state index in [1.54, 1.807) is 0 Å². The molecule has 2 aliphatic heterocycles. The van der Waals surface area contributed by atoms with E-state index in [1.165, 1.54) is 6.42 Å². The number of ether oxygens (including phenoxy) is 1. The highest BCUT2D eigenvalue weighted by molar-refractivity contribution is 9.10. The van der Waals surface area contributed by atoms with Gasteiger partial charge in [-0.2, -0.15) is 0 Å². The molecule has 0 radical (unpaired) electrons. The van der Waals surface area contributed by atoms with Crippen LogP contribution in [-0.2, 0) is 4.74 Å². The van der Waals surface area contributed by atoms with Crippen LogP contribution >= 0.6 is 31.9 Å². The Bertz CT molecular complexity index is 290. The van der Waals surface area contributed by atoms with Gasteiger partial charge < -0.3 is 4.74 Å². The van der Waals surface area contributed by atoms with Gasteiger partial charge >= 0.3 is 0 Å². The van der Waals surface area contributed by atoms with Gasteiger partial charge in [0.2, 0.25) is 0 Å². The van der Waals surface area contributed by atoms with Gasteiger partial charge in [-0.15, -0.1) is 0 Å². The molecule has 0 spiro atoms. The van der Waals surface area contributed by atoms with Gasteiger partial charge in [-0.3, -0.25) is 0 Å². The Balaban J connectivity index is 2.15.